The van der Waals surface area contributed by atoms with Gasteiger partial charge in [-0.2, -0.15) is 0 Å². The van der Waals surface area contributed by atoms with Crippen molar-refractivity contribution in [1.29, 1.82) is 0 Å². The monoisotopic (exact) mass is 513 g/mol. The molecule has 0 unspecified atom stereocenters. The minimum absolute atomic E-state index is 0.0794. The highest BCUT2D eigenvalue weighted by atomic mass is 79.9. The average Bonchev–Trinajstić information content (AvgIpc) is 3.16. The van der Waals surface area contributed by atoms with Crippen molar-refractivity contribution < 1.29 is 14.3 Å². The zero-order valence-electron chi connectivity index (χ0n) is 19.5. The third-order valence-electron chi connectivity index (χ3n) is 7.34. The highest BCUT2D eigenvalue weighted by Gasteiger charge is 2.58. The first-order valence-electron chi connectivity index (χ1n) is 11.2. The molecule has 2 heterocycles. The van der Waals surface area contributed by atoms with Crippen molar-refractivity contribution >= 4 is 35.7 Å². The van der Waals surface area contributed by atoms with E-state index in [1.807, 2.05) is 47.4 Å². The molecule has 1 N–H and O–H groups in total. The highest BCUT2D eigenvalue weighted by Crippen LogP contribution is 2.49. The summed E-state index contributed by atoms with van der Waals surface area (Å²) in [6.45, 7) is 11.7. The van der Waals surface area contributed by atoms with Crippen molar-refractivity contribution in [2.45, 2.75) is 63.4 Å². The van der Waals surface area contributed by atoms with Crippen LogP contribution in [0.15, 0.2) is 64.8 Å². The van der Waals surface area contributed by atoms with Gasteiger partial charge >= 0.3 is 0 Å². The number of aliphatic hydroxyl groups is 1. The number of aliphatic hydroxyl groups excluding tert-OH is 1. The Balaban J connectivity index is 1.74. The third kappa shape index (κ3) is 3.97. The van der Waals surface area contributed by atoms with Crippen LogP contribution in [0.4, 0.5) is 0 Å². The molecule has 2 atom stereocenters. The van der Waals surface area contributed by atoms with Crippen LogP contribution < -0.4 is 0 Å². The van der Waals surface area contributed by atoms with Crippen LogP contribution in [-0.2, 0) is 15.6 Å². The van der Waals surface area contributed by atoms with E-state index < -0.39 is 13.9 Å². The number of fused-ring (bicyclic) bond motifs is 1. The minimum Gasteiger partial charge on any atom is -0.509 e. The number of hydrogen-bond donors (Lipinski definition) is 1. The Morgan fingerprint density at radius 3 is 2.34 bits per heavy atom. The quantitative estimate of drug-likeness (QED) is 0.474. The molecule has 0 saturated carbocycles. The first-order chi connectivity index (χ1) is 14.9. The summed E-state index contributed by atoms with van der Waals surface area (Å²) in [4.78, 5) is 15.5. The van der Waals surface area contributed by atoms with E-state index in [1.54, 1.807) is 0 Å². The summed E-state index contributed by atoms with van der Waals surface area (Å²) in [6, 6.07) is 17.6. The van der Waals surface area contributed by atoms with Gasteiger partial charge in [-0.15, -0.1) is 0 Å². The average molecular weight is 515 g/mol. The van der Waals surface area contributed by atoms with Gasteiger partial charge in [-0.3, -0.25) is 4.79 Å². The third-order valence-corrected chi connectivity index (χ3v) is 12.4. The number of halogens is 1. The lowest BCUT2D eigenvalue weighted by atomic mass is 9.85. The lowest BCUT2D eigenvalue weighted by Gasteiger charge is -2.38. The number of carbonyl (C=O) groups excluding carboxylic acids is 1. The van der Waals surface area contributed by atoms with E-state index in [0.29, 0.717) is 25.0 Å². The SMILES string of the molecule is CC(C)(C)[Si](C)(C)O[C@H]1CN2C(=O)C(c3ccccc3)=C(O)[C@@]2(Cc2ccc(Br)cc2)C1. The summed E-state index contributed by atoms with van der Waals surface area (Å²) in [5.74, 6) is 0.0742. The summed E-state index contributed by atoms with van der Waals surface area (Å²) < 4.78 is 7.73. The van der Waals surface area contributed by atoms with Gasteiger partial charge in [0, 0.05) is 23.9 Å². The second-order valence-corrected chi connectivity index (χ2v) is 16.2. The largest absolute Gasteiger partial charge is 0.509 e. The summed E-state index contributed by atoms with van der Waals surface area (Å²) in [5.41, 5.74) is 1.50. The van der Waals surface area contributed by atoms with Gasteiger partial charge in [0.05, 0.1) is 11.7 Å². The standard InChI is InChI=1S/C26H32BrNO3Si/c1-25(2,3)32(4,5)31-21-16-26(15-18-11-13-20(27)14-12-18)23(29)22(24(30)28(26)17-21)19-9-7-6-8-10-19/h6-14,21,29H,15-17H2,1-5H3/t21-,26-/m1/s1. The van der Waals surface area contributed by atoms with Gasteiger partial charge in [0.15, 0.2) is 8.32 Å². The van der Waals surface area contributed by atoms with Gasteiger partial charge in [-0.25, -0.2) is 0 Å². The second-order valence-electron chi connectivity index (χ2n) is 10.5. The van der Waals surface area contributed by atoms with Gasteiger partial charge in [0.2, 0.25) is 0 Å². The Hall–Kier alpha value is -1.89. The fraction of sp³-hybridized carbons (Fsp3) is 0.423. The molecular weight excluding hydrogens is 482 g/mol. The van der Waals surface area contributed by atoms with Crippen LogP contribution in [0.5, 0.6) is 0 Å². The molecule has 2 aliphatic heterocycles. The van der Waals surface area contributed by atoms with Gasteiger partial charge in [-0.05, 0) is 41.4 Å². The maximum absolute atomic E-state index is 13.6. The molecule has 0 spiro atoms. The Morgan fingerprint density at radius 2 is 1.75 bits per heavy atom. The van der Waals surface area contributed by atoms with Crippen LogP contribution in [-0.4, -0.2) is 42.4 Å². The van der Waals surface area contributed by atoms with E-state index in [2.05, 4.69) is 61.9 Å². The highest BCUT2D eigenvalue weighted by molar-refractivity contribution is 9.10. The lowest BCUT2D eigenvalue weighted by molar-refractivity contribution is -0.126. The van der Waals surface area contributed by atoms with Crippen LogP contribution in [0.2, 0.25) is 18.1 Å². The van der Waals surface area contributed by atoms with Crippen LogP contribution in [0.3, 0.4) is 0 Å². The molecular formula is C26H32BrNO3Si. The molecule has 4 nitrogen and oxygen atoms in total. The van der Waals surface area contributed by atoms with E-state index in [4.69, 9.17) is 4.43 Å². The molecule has 0 radical (unpaired) electrons. The summed E-state index contributed by atoms with van der Waals surface area (Å²) in [6.07, 6.45) is 1.07. The first kappa shape index (κ1) is 23.3. The fourth-order valence-electron chi connectivity index (χ4n) is 4.63. The molecule has 0 aliphatic carbocycles. The number of nitrogens with zero attached hydrogens (tertiary/aromatic N) is 1. The van der Waals surface area contributed by atoms with Crippen LogP contribution in [0.25, 0.3) is 5.57 Å². The van der Waals surface area contributed by atoms with Crippen LogP contribution in [0, 0.1) is 0 Å². The normalized spacial score (nSPS) is 23.8. The smallest absolute Gasteiger partial charge is 0.258 e. The molecule has 32 heavy (non-hydrogen) atoms. The van der Waals surface area contributed by atoms with Crippen molar-refractivity contribution in [1.82, 2.24) is 4.90 Å². The molecule has 6 heteroatoms. The predicted octanol–water partition coefficient (Wildman–Crippen LogP) is 6.34. The molecule has 2 aromatic carbocycles. The van der Waals surface area contributed by atoms with Gasteiger partial charge < -0.3 is 14.4 Å². The Kier molecular flexibility index (Phi) is 5.93. The van der Waals surface area contributed by atoms with Gasteiger partial charge in [0.25, 0.3) is 5.91 Å². The zero-order chi connectivity index (χ0) is 23.3. The molecule has 1 amide bonds. The maximum atomic E-state index is 13.6. The maximum Gasteiger partial charge on any atom is 0.258 e. The van der Waals surface area contributed by atoms with E-state index in [1.165, 1.54) is 0 Å². The fourth-order valence-corrected chi connectivity index (χ4v) is 6.24. The lowest BCUT2D eigenvalue weighted by Crippen LogP contribution is -2.45. The van der Waals surface area contributed by atoms with Gasteiger partial charge in [-0.1, -0.05) is 79.2 Å². The summed E-state index contributed by atoms with van der Waals surface area (Å²) in [5, 5.41) is 11.7. The predicted molar refractivity (Wildman–Crippen MR) is 135 cm³/mol. The van der Waals surface area contributed by atoms with Crippen molar-refractivity contribution in [3.05, 3.63) is 76.0 Å². The zero-order valence-corrected chi connectivity index (χ0v) is 22.1. The number of hydrogen-bond acceptors (Lipinski definition) is 3. The Labute approximate surface area is 200 Å². The Bertz CT molecular complexity index is 1040. The van der Waals surface area contributed by atoms with E-state index in [9.17, 15) is 9.90 Å². The van der Waals surface area contributed by atoms with Gasteiger partial charge in [0.1, 0.15) is 11.3 Å². The van der Waals surface area contributed by atoms with Crippen LogP contribution in [0.1, 0.15) is 38.3 Å². The minimum atomic E-state index is -2.02. The summed E-state index contributed by atoms with van der Waals surface area (Å²) in [7, 11) is -2.02. The summed E-state index contributed by atoms with van der Waals surface area (Å²) >= 11 is 3.50. The van der Waals surface area contributed by atoms with E-state index in [0.717, 1.165) is 15.6 Å². The van der Waals surface area contributed by atoms with E-state index in [-0.39, 0.29) is 22.8 Å². The van der Waals surface area contributed by atoms with Crippen molar-refractivity contribution in [2.75, 3.05) is 6.54 Å². The molecule has 0 bridgehead atoms. The molecule has 2 aromatic rings. The molecule has 1 fully saturated rings. The topological polar surface area (TPSA) is 49.8 Å². The second kappa shape index (κ2) is 8.15. The van der Waals surface area contributed by atoms with Crippen molar-refractivity contribution in [3.8, 4) is 0 Å². The van der Waals surface area contributed by atoms with Crippen molar-refractivity contribution in [3.63, 3.8) is 0 Å². The number of carbonyl (C=O) groups is 1. The molecule has 170 valence electrons. The molecule has 1 saturated heterocycles. The molecule has 0 aromatic heterocycles. The van der Waals surface area contributed by atoms with Crippen LogP contribution >= 0.6 is 15.9 Å². The van der Waals surface area contributed by atoms with E-state index >= 15 is 0 Å². The van der Waals surface area contributed by atoms with Crippen molar-refractivity contribution in [2.24, 2.45) is 0 Å². The molecule has 2 aliphatic rings. The first-order valence-corrected chi connectivity index (χ1v) is 14.9. The Morgan fingerprint density at radius 1 is 1.12 bits per heavy atom. The number of rotatable bonds is 5. The molecule has 4 rings (SSSR count). The number of benzene rings is 2. The number of amides is 1.